The van der Waals surface area contributed by atoms with Gasteiger partial charge in [0.05, 0.1) is 18.2 Å². The number of allylic oxidation sites excluding steroid dienone is 1. The van der Waals surface area contributed by atoms with Crippen molar-refractivity contribution in [1.29, 1.82) is 0 Å². The lowest BCUT2D eigenvalue weighted by Gasteiger charge is -2.60. The molecule has 53 heavy (non-hydrogen) atoms. The molecule has 0 aromatic heterocycles. The van der Waals surface area contributed by atoms with E-state index in [-0.39, 0.29) is 55.3 Å². The minimum Gasteiger partial charge on any atom is -0.459 e. The molecule has 2 aromatic carbocycles. The molecular formula is C44H60N2O7. The van der Waals surface area contributed by atoms with Crippen LogP contribution in [-0.2, 0) is 14.4 Å². The Morgan fingerprint density at radius 2 is 1.75 bits per heavy atom. The molecule has 1 aliphatic heterocycles. The van der Waals surface area contributed by atoms with Gasteiger partial charge in [0.25, 0.3) is 0 Å². The number of nitrogens with zero attached hydrogens (tertiary/aromatic N) is 2. The molecule has 6 rings (SSSR count). The van der Waals surface area contributed by atoms with Crippen LogP contribution in [0.2, 0.25) is 0 Å². The number of aryl methyl sites for hydroxylation is 2. The van der Waals surface area contributed by atoms with Gasteiger partial charge in [-0.3, -0.25) is 4.79 Å². The van der Waals surface area contributed by atoms with Crippen LogP contribution < -0.4 is 9.47 Å². The highest BCUT2D eigenvalue weighted by molar-refractivity contribution is 6.03. The van der Waals surface area contributed by atoms with Gasteiger partial charge in [-0.25, -0.2) is 0 Å². The largest absolute Gasteiger partial charge is 0.459 e. The fraction of sp³-hybridized carbons (Fsp3) is 0.591. The summed E-state index contributed by atoms with van der Waals surface area (Å²) in [5.41, 5.74) is 5.31. The lowest BCUT2D eigenvalue weighted by Crippen LogP contribution is -2.70. The molecule has 0 radical (unpaired) electrons. The van der Waals surface area contributed by atoms with Gasteiger partial charge in [-0.1, -0.05) is 43.1 Å². The number of oxime groups is 1. The van der Waals surface area contributed by atoms with Crippen LogP contribution in [0.25, 0.3) is 0 Å². The Bertz CT molecular complexity index is 1650. The first kappa shape index (κ1) is 39.0. The molecule has 9 nitrogen and oxygen atoms in total. The normalized spacial score (nSPS) is 26.6. The summed E-state index contributed by atoms with van der Waals surface area (Å²) in [7, 11) is 0. The Kier molecular flexibility index (Phi) is 13.0. The maximum atomic E-state index is 14.2. The standard InChI is InChI=1S/C44H60N2O7/c1-6-21-46(43(49)31-16-17-31)40-28-38(45-51-8-3)36-26-32(13-9-11-22-47)35(14-10-12-23-48)41-37-27-34(52-33-18-15-29(4)30(5)25-33)19-20-39(37)53-44(40,42(36)41)50-24-7-2/h7,15,18-20,25-27,31-32,35,40-42,47-48H,2,6,8-14,16-17,21-24,28H2,1,3-5H3. The number of benzene rings is 2. The maximum absolute atomic E-state index is 14.2. The van der Waals surface area contributed by atoms with E-state index in [4.69, 9.17) is 24.2 Å². The van der Waals surface area contributed by atoms with Crippen molar-refractivity contribution in [2.24, 2.45) is 28.8 Å². The molecule has 6 unspecified atom stereocenters. The Morgan fingerprint density at radius 3 is 2.43 bits per heavy atom. The predicted octanol–water partition coefficient (Wildman–Crippen LogP) is 8.40. The number of hydrogen-bond acceptors (Lipinski definition) is 8. The Hall–Kier alpha value is -3.66. The number of rotatable bonds is 19. The lowest BCUT2D eigenvalue weighted by atomic mass is 9.55. The van der Waals surface area contributed by atoms with Crippen LogP contribution in [0.1, 0.15) is 101 Å². The van der Waals surface area contributed by atoms with Crippen molar-refractivity contribution in [1.82, 2.24) is 4.90 Å². The van der Waals surface area contributed by atoms with Crippen molar-refractivity contribution in [3.63, 3.8) is 0 Å². The van der Waals surface area contributed by atoms with Gasteiger partial charge in [-0.05, 0) is 125 Å². The number of hydrogen-bond donors (Lipinski definition) is 2. The van der Waals surface area contributed by atoms with Crippen molar-refractivity contribution in [2.45, 2.75) is 110 Å². The summed E-state index contributed by atoms with van der Waals surface area (Å²) in [5, 5.41) is 24.5. The molecule has 9 heteroatoms. The Labute approximate surface area is 316 Å². The zero-order valence-corrected chi connectivity index (χ0v) is 32.2. The fourth-order valence-electron chi connectivity index (χ4n) is 8.99. The topological polar surface area (TPSA) is 110 Å². The first-order valence-corrected chi connectivity index (χ1v) is 20.1. The molecule has 1 amide bonds. The summed E-state index contributed by atoms with van der Waals surface area (Å²) in [5.74, 6) is 1.12. The summed E-state index contributed by atoms with van der Waals surface area (Å²) < 4.78 is 20.9. The molecular weight excluding hydrogens is 668 g/mol. The number of unbranched alkanes of at least 4 members (excludes halogenated alkanes) is 2. The molecule has 6 atom stereocenters. The minimum absolute atomic E-state index is 0.0208. The van der Waals surface area contributed by atoms with E-state index in [1.54, 1.807) is 6.08 Å². The third-order valence-corrected chi connectivity index (χ3v) is 11.7. The van der Waals surface area contributed by atoms with Crippen LogP contribution in [0, 0.1) is 37.5 Å². The second kappa shape index (κ2) is 17.7. The van der Waals surface area contributed by atoms with E-state index in [9.17, 15) is 15.0 Å². The van der Waals surface area contributed by atoms with Gasteiger partial charge in [0.2, 0.25) is 11.7 Å². The monoisotopic (exact) mass is 728 g/mol. The van der Waals surface area contributed by atoms with E-state index in [0.717, 1.165) is 91.0 Å². The van der Waals surface area contributed by atoms with Crippen LogP contribution in [0.5, 0.6) is 17.2 Å². The van der Waals surface area contributed by atoms with Crippen molar-refractivity contribution < 1.29 is 34.1 Å². The first-order valence-electron chi connectivity index (χ1n) is 20.1. The van der Waals surface area contributed by atoms with Gasteiger partial charge in [-0.2, -0.15) is 0 Å². The highest BCUT2D eigenvalue weighted by Crippen LogP contribution is 2.62. The van der Waals surface area contributed by atoms with Crippen LogP contribution in [0.3, 0.4) is 0 Å². The summed E-state index contributed by atoms with van der Waals surface area (Å²) in [6.45, 7) is 13.8. The van der Waals surface area contributed by atoms with Gasteiger partial charge >= 0.3 is 0 Å². The number of carbonyl (C=O) groups excluding carboxylic acids is 1. The molecule has 2 N–H and O–H groups in total. The molecule has 2 aromatic rings. The zero-order chi connectivity index (χ0) is 37.5. The molecule has 3 aliphatic carbocycles. The zero-order valence-electron chi connectivity index (χ0n) is 32.2. The lowest BCUT2D eigenvalue weighted by molar-refractivity contribution is -0.257. The average Bonchev–Trinajstić information content (AvgIpc) is 4.01. The molecule has 4 aliphatic rings. The van der Waals surface area contributed by atoms with Crippen LogP contribution in [0.4, 0.5) is 0 Å². The molecule has 0 spiro atoms. The third kappa shape index (κ3) is 8.23. The number of carbonyl (C=O) groups is 1. The number of ether oxygens (including phenoxy) is 3. The van der Waals surface area contributed by atoms with E-state index < -0.39 is 11.8 Å². The SMILES string of the molecule is C=CCOC12Oc3ccc(Oc4ccc(C)c(C)c4)cc3C3C(CCCCO)C(CCCCO)C=C(C(=NOCC)CC1N(CCC)C(=O)C1CC1)C32. The van der Waals surface area contributed by atoms with E-state index in [1.807, 2.05) is 30.0 Å². The Morgan fingerprint density at radius 1 is 1.02 bits per heavy atom. The number of aliphatic hydroxyl groups excluding tert-OH is 2. The van der Waals surface area contributed by atoms with Crippen LogP contribution in [0.15, 0.2) is 65.9 Å². The number of fused-ring (bicyclic) bond motifs is 2. The molecule has 1 heterocycles. The van der Waals surface area contributed by atoms with Crippen molar-refractivity contribution in [3.8, 4) is 17.2 Å². The van der Waals surface area contributed by atoms with Crippen LogP contribution >= 0.6 is 0 Å². The van der Waals surface area contributed by atoms with Gasteiger partial charge in [-0.15, -0.1) is 6.58 Å². The summed E-state index contributed by atoms with van der Waals surface area (Å²) in [6, 6.07) is 11.8. The predicted molar refractivity (Wildman–Crippen MR) is 207 cm³/mol. The third-order valence-electron chi connectivity index (χ3n) is 11.7. The Balaban J connectivity index is 1.57. The van der Waals surface area contributed by atoms with E-state index in [2.05, 4.69) is 51.6 Å². The molecule has 0 saturated heterocycles. The smallest absolute Gasteiger partial charge is 0.239 e. The highest BCUT2D eigenvalue weighted by Gasteiger charge is 2.65. The van der Waals surface area contributed by atoms with Gasteiger partial charge < -0.3 is 34.2 Å². The van der Waals surface area contributed by atoms with Crippen molar-refractivity contribution in [3.05, 3.63) is 77.4 Å². The van der Waals surface area contributed by atoms with Crippen molar-refractivity contribution in [2.75, 3.05) is 33.0 Å². The van der Waals surface area contributed by atoms with Gasteiger partial charge in [0.15, 0.2) is 0 Å². The number of amides is 1. The highest BCUT2D eigenvalue weighted by atomic mass is 16.7. The molecule has 0 bridgehead atoms. The average molecular weight is 729 g/mol. The van der Waals surface area contributed by atoms with E-state index >= 15 is 0 Å². The van der Waals surface area contributed by atoms with Crippen LogP contribution in [-0.4, -0.2) is 71.5 Å². The van der Waals surface area contributed by atoms with Gasteiger partial charge in [0.1, 0.15) is 29.9 Å². The van der Waals surface area contributed by atoms with E-state index in [0.29, 0.717) is 26.0 Å². The summed E-state index contributed by atoms with van der Waals surface area (Å²) in [6.07, 6.45) is 12.2. The first-order chi connectivity index (χ1) is 25.8. The summed E-state index contributed by atoms with van der Waals surface area (Å²) in [4.78, 5) is 22.1. The van der Waals surface area contributed by atoms with Crippen molar-refractivity contribution >= 4 is 11.6 Å². The van der Waals surface area contributed by atoms with E-state index in [1.165, 1.54) is 5.56 Å². The molecule has 2 fully saturated rings. The fourth-order valence-corrected chi connectivity index (χ4v) is 8.99. The number of aliphatic hydroxyl groups is 2. The van der Waals surface area contributed by atoms with Gasteiger partial charge in [0, 0.05) is 43.6 Å². The minimum atomic E-state index is -1.22. The molecule has 2 saturated carbocycles. The quantitative estimate of drug-likeness (QED) is 0.0850. The second-order valence-corrected chi connectivity index (χ2v) is 15.3. The molecule has 288 valence electrons. The maximum Gasteiger partial charge on any atom is 0.239 e. The summed E-state index contributed by atoms with van der Waals surface area (Å²) >= 11 is 0. The second-order valence-electron chi connectivity index (χ2n) is 15.3.